The van der Waals surface area contributed by atoms with Gasteiger partial charge in [0.2, 0.25) is 0 Å². The molecule has 0 saturated carbocycles. The highest BCUT2D eigenvalue weighted by atomic mass is 16.4. The van der Waals surface area contributed by atoms with Gasteiger partial charge >= 0.3 is 0 Å². The molecule has 0 aliphatic carbocycles. The Morgan fingerprint density at radius 3 is 2.38 bits per heavy atom. The first-order valence-corrected chi connectivity index (χ1v) is 5.39. The fourth-order valence-corrected chi connectivity index (χ4v) is 1.94. The third kappa shape index (κ3) is 1.89. The molecule has 0 radical (unpaired) electrons. The lowest BCUT2D eigenvalue weighted by Crippen LogP contribution is -2.02. The fourth-order valence-electron chi connectivity index (χ4n) is 1.94. The number of hydrogen-bond donors (Lipinski definition) is 1. The van der Waals surface area contributed by atoms with Crippen LogP contribution in [0.5, 0.6) is 0 Å². The van der Waals surface area contributed by atoms with Crippen molar-refractivity contribution < 1.29 is 9.52 Å². The first-order valence-electron chi connectivity index (χ1n) is 5.39. The summed E-state index contributed by atoms with van der Waals surface area (Å²) in [6, 6.07) is 7.89. The van der Waals surface area contributed by atoms with Gasteiger partial charge in [0.1, 0.15) is 11.9 Å². The third-order valence-electron chi connectivity index (χ3n) is 2.87. The van der Waals surface area contributed by atoms with Crippen LogP contribution in [-0.4, -0.2) is 5.11 Å². The van der Waals surface area contributed by atoms with Crippen molar-refractivity contribution in [1.29, 1.82) is 0 Å². The van der Waals surface area contributed by atoms with Crippen molar-refractivity contribution in [2.45, 2.75) is 26.9 Å². The summed E-state index contributed by atoms with van der Waals surface area (Å²) < 4.78 is 5.32. The molecule has 2 heteroatoms. The van der Waals surface area contributed by atoms with E-state index in [1.165, 1.54) is 5.56 Å². The molecule has 1 heterocycles. The first kappa shape index (κ1) is 11.0. The van der Waals surface area contributed by atoms with E-state index in [2.05, 4.69) is 6.07 Å². The summed E-state index contributed by atoms with van der Waals surface area (Å²) in [7, 11) is 0. The Morgan fingerprint density at radius 1 is 1.06 bits per heavy atom. The number of furan rings is 1. The molecule has 0 aliphatic rings. The van der Waals surface area contributed by atoms with Crippen LogP contribution in [0.25, 0.3) is 0 Å². The summed E-state index contributed by atoms with van der Waals surface area (Å²) in [5, 5.41) is 10.2. The van der Waals surface area contributed by atoms with Crippen molar-refractivity contribution in [3.63, 3.8) is 0 Å². The molecule has 2 aromatic rings. The highest BCUT2D eigenvalue weighted by Gasteiger charge is 2.17. The maximum Gasteiger partial charge on any atom is 0.139 e. The molecule has 1 N–H and O–H groups in total. The lowest BCUT2D eigenvalue weighted by Gasteiger charge is -2.13. The summed E-state index contributed by atoms with van der Waals surface area (Å²) in [6.45, 7) is 5.98. The van der Waals surface area contributed by atoms with Crippen molar-refractivity contribution in [2.24, 2.45) is 0 Å². The number of hydrogen-bond acceptors (Lipinski definition) is 2. The van der Waals surface area contributed by atoms with Crippen molar-refractivity contribution in [1.82, 2.24) is 0 Å². The van der Waals surface area contributed by atoms with Crippen LogP contribution in [0.4, 0.5) is 0 Å². The van der Waals surface area contributed by atoms with E-state index >= 15 is 0 Å². The summed E-state index contributed by atoms with van der Waals surface area (Å²) in [6.07, 6.45) is 0.938. The standard InChI is InChI=1S/C14H16O2/c1-9-4-5-12(11(3)8-9)13(15)14-10(2)6-7-16-14/h4-8,13,15H,1-3H3. The molecule has 2 nitrogen and oxygen atoms in total. The normalized spacial score (nSPS) is 12.8. The van der Waals surface area contributed by atoms with E-state index in [1.807, 2.05) is 39.0 Å². The summed E-state index contributed by atoms with van der Waals surface area (Å²) in [4.78, 5) is 0. The molecular weight excluding hydrogens is 200 g/mol. The lowest BCUT2D eigenvalue weighted by molar-refractivity contribution is 0.187. The molecule has 0 aliphatic heterocycles. The van der Waals surface area contributed by atoms with Crippen LogP contribution < -0.4 is 0 Å². The number of aryl methyl sites for hydroxylation is 3. The zero-order chi connectivity index (χ0) is 11.7. The van der Waals surface area contributed by atoms with Gasteiger partial charge in [-0.1, -0.05) is 23.8 Å². The molecule has 0 fully saturated rings. The summed E-state index contributed by atoms with van der Waals surface area (Å²) >= 11 is 0. The van der Waals surface area contributed by atoms with Crippen molar-refractivity contribution in [3.05, 3.63) is 58.5 Å². The van der Waals surface area contributed by atoms with Gasteiger partial charge in [-0.25, -0.2) is 0 Å². The molecule has 0 amide bonds. The molecule has 1 unspecified atom stereocenters. The van der Waals surface area contributed by atoms with Crippen molar-refractivity contribution >= 4 is 0 Å². The van der Waals surface area contributed by atoms with Crippen LogP contribution in [-0.2, 0) is 0 Å². The van der Waals surface area contributed by atoms with Gasteiger partial charge in [0.15, 0.2) is 0 Å². The van der Waals surface area contributed by atoms with Gasteiger partial charge in [-0.15, -0.1) is 0 Å². The van der Waals surface area contributed by atoms with Crippen LogP contribution in [0.15, 0.2) is 34.9 Å². The average molecular weight is 216 g/mol. The van der Waals surface area contributed by atoms with Crippen LogP contribution in [0, 0.1) is 20.8 Å². The Morgan fingerprint density at radius 2 is 1.81 bits per heavy atom. The SMILES string of the molecule is Cc1ccc(C(O)c2occc2C)c(C)c1. The number of rotatable bonds is 2. The topological polar surface area (TPSA) is 33.4 Å². The Kier molecular flexibility index (Phi) is 2.84. The Hall–Kier alpha value is -1.54. The van der Waals surface area contributed by atoms with E-state index in [9.17, 15) is 5.11 Å². The minimum Gasteiger partial charge on any atom is -0.466 e. The van der Waals surface area contributed by atoms with Crippen molar-refractivity contribution in [3.8, 4) is 0 Å². The van der Waals surface area contributed by atoms with E-state index in [1.54, 1.807) is 6.26 Å². The van der Waals surface area contributed by atoms with E-state index in [-0.39, 0.29) is 0 Å². The number of aliphatic hydroxyl groups excluding tert-OH is 1. The monoisotopic (exact) mass is 216 g/mol. The minimum atomic E-state index is -0.671. The Bertz CT molecular complexity index is 497. The molecule has 0 spiro atoms. The molecule has 0 bridgehead atoms. The van der Waals surface area contributed by atoms with E-state index in [4.69, 9.17) is 4.42 Å². The predicted octanol–water partition coefficient (Wildman–Crippen LogP) is 3.29. The van der Waals surface area contributed by atoms with E-state index in [0.717, 1.165) is 16.7 Å². The first-order chi connectivity index (χ1) is 7.59. The van der Waals surface area contributed by atoms with Gasteiger partial charge in [-0.3, -0.25) is 0 Å². The van der Waals surface area contributed by atoms with Crippen LogP contribution in [0.2, 0.25) is 0 Å². The van der Waals surface area contributed by atoms with Gasteiger partial charge in [0.05, 0.1) is 6.26 Å². The molecule has 84 valence electrons. The van der Waals surface area contributed by atoms with E-state index < -0.39 is 6.10 Å². The Balaban J connectivity index is 2.41. The Labute approximate surface area is 95.5 Å². The van der Waals surface area contributed by atoms with Crippen molar-refractivity contribution in [2.75, 3.05) is 0 Å². The summed E-state index contributed by atoms with van der Waals surface area (Å²) in [5.74, 6) is 0.631. The van der Waals surface area contributed by atoms with Gasteiger partial charge in [0.25, 0.3) is 0 Å². The summed E-state index contributed by atoms with van der Waals surface area (Å²) in [5.41, 5.74) is 4.17. The minimum absolute atomic E-state index is 0.631. The quantitative estimate of drug-likeness (QED) is 0.835. The second-order valence-electron chi connectivity index (χ2n) is 4.23. The molecule has 1 aromatic heterocycles. The van der Waals surface area contributed by atoms with Crippen LogP contribution >= 0.6 is 0 Å². The smallest absolute Gasteiger partial charge is 0.139 e. The highest BCUT2D eigenvalue weighted by Crippen LogP contribution is 2.27. The number of benzene rings is 1. The van der Waals surface area contributed by atoms with E-state index in [0.29, 0.717) is 5.76 Å². The molecular formula is C14H16O2. The van der Waals surface area contributed by atoms with Gasteiger partial charge in [-0.2, -0.15) is 0 Å². The van der Waals surface area contributed by atoms with Gasteiger partial charge < -0.3 is 9.52 Å². The zero-order valence-electron chi connectivity index (χ0n) is 9.82. The maximum absolute atomic E-state index is 10.2. The predicted molar refractivity (Wildman–Crippen MR) is 63.4 cm³/mol. The molecule has 1 atom stereocenters. The van der Waals surface area contributed by atoms with Gasteiger partial charge in [0, 0.05) is 0 Å². The van der Waals surface area contributed by atoms with Gasteiger partial charge in [-0.05, 0) is 43.5 Å². The largest absolute Gasteiger partial charge is 0.466 e. The average Bonchev–Trinajstić information content (AvgIpc) is 2.63. The fraction of sp³-hybridized carbons (Fsp3) is 0.286. The maximum atomic E-state index is 10.2. The van der Waals surface area contributed by atoms with Crippen LogP contribution in [0.3, 0.4) is 0 Å². The lowest BCUT2D eigenvalue weighted by atomic mass is 9.98. The highest BCUT2D eigenvalue weighted by molar-refractivity contribution is 5.36. The van der Waals surface area contributed by atoms with Crippen LogP contribution in [0.1, 0.15) is 34.1 Å². The molecule has 1 aromatic carbocycles. The number of aliphatic hydroxyl groups is 1. The third-order valence-corrected chi connectivity index (χ3v) is 2.87. The molecule has 16 heavy (non-hydrogen) atoms. The molecule has 2 rings (SSSR count). The second-order valence-corrected chi connectivity index (χ2v) is 4.23. The molecule has 0 saturated heterocycles. The zero-order valence-corrected chi connectivity index (χ0v) is 9.82. The second kappa shape index (κ2) is 4.14.